The molecule has 28 heavy (non-hydrogen) atoms. The number of nitrogens with zero attached hydrogens (tertiary/aromatic N) is 4. The monoisotopic (exact) mass is 393 g/mol. The van der Waals surface area contributed by atoms with Gasteiger partial charge >= 0.3 is 0 Å². The third kappa shape index (κ3) is 3.59. The van der Waals surface area contributed by atoms with Crippen LogP contribution in [-0.4, -0.2) is 34.2 Å². The Kier molecular flexibility index (Phi) is 5.03. The van der Waals surface area contributed by atoms with Gasteiger partial charge in [0.05, 0.1) is 25.8 Å². The molecule has 0 saturated carbocycles. The molecular formula is C20H19N5O2S. The lowest BCUT2D eigenvalue weighted by Gasteiger charge is -2.11. The van der Waals surface area contributed by atoms with Gasteiger partial charge in [-0.05, 0) is 30.7 Å². The van der Waals surface area contributed by atoms with Crippen molar-refractivity contribution < 1.29 is 9.47 Å². The number of anilines is 1. The molecule has 1 N–H and O–H groups in total. The SMILES string of the molecule is COc1ccc(CNc2nc(-c3cnccn3)nc3sc(C)cc23)cc1OC. The number of hydrogen-bond donors (Lipinski definition) is 1. The molecule has 142 valence electrons. The molecule has 4 rings (SSSR count). The van der Waals surface area contributed by atoms with E-state index in [1.807, 2.05) is 18.2 Å². The van der Waals surface area contributed by atoms with E-state index in [0.717, 1.165) is 21.6 Å². The van der Waals surface area contributed by atoms with Gasteiger partial charge in [-0.2, -0.15) is 0 Å². The van der Waals surface area contributed by atoms with Gasteiger partial charge in [-0.1, -0.05) is 6.07 Å². The second kappa shape index (κ2) is 7.77. The second-order valence-electron chi connectivity index (χ2n) is 6.11. The number of thiophene rings is 1. The Bertz CT molecular complexity index is 1110. The van der Waals surface area contributed by atoms with Crippen molar-refractivity contribution in [2.45, 2.75) is 13.5 Å². The Labute approximate surface area is 166 Å². The van der Waals surface area contributed by atoms with Gasteiger partial charge in [0, 0.05) is 23.8 Å². The van der Waals surface area contributed by atoms with E-state index < -0.39 is 0 Å². The molecule has 0 saturated heterocycles. The molecule has 0 aliphatic carbocycles. The fraction of sp³-hybridized carbons (Fsp3) is 0.200. The van der Waals surface area contributed by atoms with Gasteiger partial charge in [0.2, 0.25) is 0 Å². The largest absolute Gasteiger partial charge is 0.493 e. The molecule has 0 bridgehead atoms. The standard InChI is InChI=1S/C20H19N5O2S/c1-12-8-14-18(23-10-13-4-5-16(26-2)17(9-13)27-3)24-19(25-20(14)28-12)15-11-21-6-7-22-15/h4-9,11H,10H2,1-3H3,(H,23,24,25). The summed E-state index contributed by atoms with van der Waals surface area (Å²) in [6, 6.07) is 7.93. The van der Waals surface area contributed by atoms with Crippen molar-refractivity contribution in [3.63, 3.8) is 0 Å². The van der Waals surface area contributed by atoms with Gasteiger partial charge in [0.25, 0.3) is 0 Å². The van der Waals surface area contributed by atoms with Crippen molar-refractivity contribution in [3.05, 3.63) is 53.3 Å². The van der Waals surface area contributed by atoms with E-state index in [-0.39, 0.29) is 0 Å². The highest BCUT2D eigenvalue weighted by atomic mass is 32.1. The van der Waals surface area contributed by atoms with Crippen LogP contribution < -0.4 is 14.8 Å². The molecule has 3 aromatic heterocycles. The number of nitrogens with one attached hydrogen (secondary N) is 1. The van der Waals surface area contributed by atoms with Crippen LogP contribution in [0.1, 0.15) is 10.4 Å². The van der Waals surface area contributed by atoms with Crippen LogP contribution in [0.2, 0.25) is 0 Å². The molecule has 0 atom stereocenters. The number of hydrogen-bond acceptors (Lipinski definition) is 8. The van der Waals surface area contributed by atoms with Gasteiger partial charge in [-0.15, -0.1) is 11.3 Å². The first-order valence-electron chi connectivity index (χ1n) is 8.67. The van der Waals surface area contributed by atoms with Crippen molar-refractivity contribution in [1.29, 1.82) is 0 Å². The summed E-state index contributed by atoms with van der Waals surface area (Å²) in [5.74, 6) is 2.72. The smallest absolute Gasteiger partial charge is 0.183 e. The van der Waals surface area contributed by atoms with Gasteiger partial charge < -0.3 is 14.8 Å². The minimum atomic E-state index is 0.553. The Hall–Kier alpha value is -3.26. The van der Waals surface area contributed by atoms with Crippen molar-refractivity contribution in [2.75, 3.05) is 19.5 Å². The Balaban J connectivity index is 1.68. The van der Waals surface area contributed by atoms with Gasteiger partial charge in [-0.25, -0.2) is 15.0 Å². The summed E-state index contributed by atoms with van der Waals surface area (Å²) in [7, 11) is 3.25. The average molecular weight is 393 g/mol. The number of aromatic nitrogens is 4. The van der Waals surface area contributed by atoms with Crippen LogP contribution >= 0.6 is 11.3 Å². The third-order valence-corrected chi connectivity index (χ3v) is 5.16. The summed E-state index contributed by atoms with van der Waals surface area (Å²) < 4.78 is 10.7. The van der Waals surface area contributed by atoms with E-state index in [0.29, 0.717) is 29.6 Å². The van der Waals surface area contributed by atoms with E-state index in [4.69, 9.17) is 14.5 Å². The van der Waals surface area contributed by atoms with Crippen LogP contribution in [0.15, 0.2) is 42.9 Å². The van der Waals surface area contributed by atoms with E-state index in [1.165, 1.54) is 4.88 Å². The highest BCUT2D eigenvalue weighted by Crippen LogP contribution is 2.32. The number of ether oxygens (including phenoxy) is 2. The molecule has 1 aromatic carbocycles. The molecule has 0 unspecified atom stereocenters. The summed E-state index contributed by atoms with van der Waals surface area (Å²) in [4.78, 5) is 19.9. The maximum absolute atomic E-state index is 5.39. The Morgan fingerprint density at radius 3 is 2.64 bits per heavy atom. The van der Waals surface area contributed by atoms with Crippen molar-refractivity contribution >= 4 is 27.4 Å². The minimum absolute atomic E-state index is 0.553. The summed E-state index contributed by atoms with van der Waals surface area (Å²) in [5, 5.41) is 4.42. The summed E-state index contributed by atoms with van der Waals surface area (Å²) in [6.07, 6.45) is 4.94. The first-order valence-corrected chi connectivity index (χ1v) is 9.49. The normalized spacial score (nSPS) is 10.8. The van der Waals surface area contributed by atoms with Crippen LogP contribution in [0.25, 0.3) is 21.7 Å². The van der Waals surface area contributed by atoms with Crippen molar-refractivity contribution in [1.82, 2.24) is 19.9 Å². The highest BCUT2D eigenvalue weighted by Gasteiger charge is 2.13. The zero-order valence-electron chi connectivity index (χ0n) is 15.8. The maximum Gasteiger partial charge on any atom is 0.183 e. The maximum atomic E-state index is 5.39. The summed E-state index contributed by atoms with van der Waals surface area (Å²) in [5.41, 5.74) is 1.70. The quantitative estimate of drug-likeness (QED) is 0.528. The predicted octanol–water partition coefficient (Wildman–Crippen LogP) is 4.09. The fourth-order valence-electron chi connectivity index (χ4n) is 2.88. The van der Waals surface area contributed by atoms with Crippen molar-refractivity contribution in [2.24, 2.45) is 0 Å². The highest BCUT2D eigenvalue weighted by molar-refractivity contribution is 7.18. The predicted molar refractivity (Wildman–Crippen MR) is 110 cm³/mol. The molecule has 0 fully saturated rings. The van der Waals surface area contributed by atoms with Gasteiger partial charge in [-0.3, -0.25) is 4.98 Å². The van der Waals surface area contributed by atoms with E-state index in [2.05, 4.69) is 33.3 Å². The van der Waals surface area contributed by atoms with Crippen LogP contribution in [0.5, 0.6) is 11.5 Å². The van der Waals surface area contributed by atoms with Crippen LogP contribution in [-0.2, 0) is 6.54 Å². The molecule has 0 aliphatic heterocycles. The van der Waals surface area contributed by atoms with E-state index in [1.54, 1.807) is 44.1 Å². The number of aryl methyl sites for hydroxylation is 1. The van der Waals surface area contributed by atoms with Crippen LogP contribution in [0.3, 0.4) is 0 Å². The lowest BCUT2D eigenvalue weighted by Crippen LogP contribution is -2.04. The molecule has 3 heterocycles. The number of benzene rings is 1. The lowest BCUT2D eigenvalue weighted by molar-refractivity contribution is 0.354. The van der Waals surface area contributed by atoms with E-state index in [9.17, 15) is 0 Å². The lowest BCUT2D eigenvalue weighted by atomic mass is 10.2. The number of methoxy groups -OCH3 is 2. The topological polar surface area (TPSA) is 82.0 Å². The molecular weight excluding hydrogens is 374 g/mol. The Morgan fingerprint density at radius 2 is 1.89 bits per heavy atom. The second-order valence-corrected chi connectivity index (χ2v) is 7.34. The third-order valence-electron chi connectivity index (χ3n) is 4.22. The van der Waals surface area contributed by atoms with E-state index >= 15 is 0 Å². The van der Waals surface area contributed by atoms with Crippen LogP contribution in [0.4, 0.5) is 5.82 Å². The first-order chi connectivity index (χ1) is 13.7. The Morgan fingerprint density at radius 1 is 1.04 bits per heavy atom. The number of rotatable bonds is 6. The zero-order valence-corrected chi connectivity index (χ0v) is 16.6. The van der Waals surface area contributed by atoms with Crippen LogP contribution in [0, 0.1) is 6.92 Å². The molecule has 0 aliphatic rings. The van der Waals surface area contributed by atoms with Gasteiger partial charge in [0.1, 0.15) is 16.3 Å². The molecule has 0 amide bonds. The first kappa shape index (κ1) is 18.1. The van der Waals surface area contributed by atoms with Crippen molar-refractivity contribution in [3.8, 4) is 23.0 Å². The number of fused-ring (bicyclic) bond motifs is 1. The molecule has 4 aromatic rings. The summed E-state index contributed by atoms with van der Waals surface area (Å²) >= 11 is 1.63. The van der Waals surface area contributed by atoms with Gasteiger partial charge in [0.15, 0.2) is 17.3 Å². The minimum Gasteiger partial charge on any atom is -0.493 e. The fourth-order valence-corrected chi connectivity index (χ4v) is 3.76. The molecule has 0 radical (unpaired) electrons. The zero-order chi connectivity index (χ0) is 19.5. The summed E-state index contributed by atoms with van der Waals surface area (Å²) in [6.45, 7) is 2.65. The molecule has 7 nitrogen and oxygen atoms in total. The molecule has 0 spiro atoms. The average Bonchev–Trinajstić information content (AvgIpc) is 3.12. The molecule has 8 heteroatoms.